The summed E-state index contributed by atoms with van der Waals surface area (Å²) in [6.07, 6.45) is -0.545. The maximum Gasteiger partial charge on any atom is 0.130 e. The van der Waals surface area contributed by atoms with Gasteiger partial charge in [-0.3, -0.25) is 0 Å². The van der Waals surface area contributed by atoms with Crippen LogP contribution in [0.3, 0.4) is 0 Å². The molecule has 0 fully saturated rings. The van der Waals surface area contributed by atoms with E-state index < -0.39 is 6.10 Å². The van der Waals surface area contributed by atoms with Gasteiger partial charge in [0.2, 0.25) is 0 Å². The number of rotatable bonds is 3. The summed E-state index contributed by atoms with van der Waals surface area (Å²) in [5.74, 6) is 0.958. The van der Waals surface area contributed by atoms with Crippen LogP contribution in [-0.2, 0) is 0 Å². The third-order valence-electron chi connectivity index (χ3n) is 2.79. The largest absolute Gasteiger partial charge is 0.457 e. The lowest BCUT2D eigenvalue weighted by atomic mass is 10.1. The van der Waals surface area contributed by atoms with Gasteiger partial charge in [-0.15, -0.1) is 0 Å². The van der Waals surface area contributed by atoms with Gasteiger partial charge in [-0.2, -0.15) is 0 Å². The molecule has 1 atom stereocenters. The number of aryl methyl sites for hydroxylation is 1. The minimum atomic E-state index is -0.545. The Morgan fingerprint density at radius 1 is 1.21 bits per heavy atom. The predicted molar refractivity (Wildman–Crippen MR) is 76.0 cm³/mol. The summed E-state index contributed by atoms with van der Waals surface area (Å²) >= 11 is 3.39. The molecule has 0 saturated carbocycles. The third kappa shape index (κ3) is 3.33. The number of aliphatic hydroxyl groups excluding tert-OH is 1. The molecule has 2 aromatic carbocycles. The molecule has 2 rings (SSSR count). The SMILES string of the molecule is Cc1cc(F)ccc1Oc1ccc([C@@H](C)O)c(Br)c1. The van der Waals surface area contributed by atoms with Crippen molar-refractivity contribution in [1.82, 2.24) is 0 Å². The summed E-state index contributed by atoms with van der Waals surface area (Å²) in [7, 11) is 0. The van der Waals surface area contributed by atoms with Gasteiger partial charge in [-0.25, -0.2) is 4.39 Å². The first-order chi connectivity index (χ1) is 8.97. The zero-order chi connectivity index (χ0) is 14.0. The van der Waals surface area contributed by atoms with Crippen LogP contribution >= 0.6 is 15.9 Å². The second-order valence-corrected chi connectivity index (χ2v) is 5.23. The lowest BCUT2D eigenvalue weighted by Crippen LogP contribution is -1.94. The van der Waals surface area contributed by atoms with Crippen LogP contribution in [0.1, 0.15) is 24.2 Å². The normalized spacial score (nSPS) is 12.3. The lowest BCUT2D eigenvalue weighted by Gasteiger charge is -2.12. The molecule has 0 unspecified atom stereocenters. The van der Waals surface area contributed by atoms with E-state index in [2.05, 4.69) is 15.9 Å². The highest BCUT2D eigenvalue weighted by atomic mass is 79.9. The number of hydrogen-bond acceptors (Lipinski definition) is 2. The van der Waals surface area contributed by atoms with Gasteiger partial charge in [0.1, 0.15) is 17.3 Å². The summed E-state index contributed by atoms with van der Waals surface area (Å²) in [6.45, 7) is 3.49. The molecule has 100 valence electrons. The van der Waals surface area contributed by atoms with Gasteiger partial charge in [-0.1, -0.05) is 22.0 Å². The van der Waals surface area contributed by atoms with E-state index >= 15 is 0 Å². The van der Waals surface area contributed by atoms with Crippen LogP contribution in [0.15, 0.2) is 40.9 Å². The lowest BCUT2D eigenvalue weighted by molar-refractivity contribution is 0.198. The summed E-state index contributed by atoms with van der Waals surface area (Å²) < 4.78 is 19.5. The molecule has 0 aliphatic rings. The minimum Gasteiger partial charge on any atom is -0.457 e. The summed E-state index contributed by atoms with van der Waals surface area (Å²) in [4.78, 5) is 0. The average molecular weight is 325 g/mol. The topological polar surface area (TPSA) is 29.5 Å². The first-order valence-electron chi connectivity index (χ1n) is 5.89. The summed E-state index contributed by atoms with van der Waals surface area (Å²) in [6, 6.07) is 9.74. The standard InChI is InChI=1S/C15H14BrFO2/c1-9-7-11(17)3-6-15(9)19-12-4-5-13(10(2)18)14(16)8-12/h3-8,10,18H,1-2H3/t10-/m1/s1. The van der Waals surface area contributed by atoms with E-state index in [0.29, 0.717) is 11.5 Å². The van der Waals surface area contributed by atoms with Gasteiger partial charge >= 0.3 is 0 Å². The molecule has 0 spiro atoms. The average Bonchev–Trinajstić information content (AvgIpc) is 2.32. The van der Waals surface area contributed by atoms with Crippen molar-refractivity contribution in [3.05, 3.63) is 57.8 Å². The fourth-order valence-electron chi connectivity index (χ4n) is 1.76. The first-order valence-corrected chi connectivity index (χ1v) is 6.68. The Morgan fingerprint density at radius 3 is 2.53 bits per heavy atom. The number of aliphatic hydroxyl groups is 1. The molecule has 0 amide bonds. The number of benzene rings is 2. The highest BCUT2D eigenvalue weighted by molar-refractivity contribution is 9.10. The monoisotopic (exact) mass is 324 g/mol. The molecular formula is C15H14BrFO2. The van der Waals surface area contributed by atoms with Crippen molar-refractivity contribution >= 4 is 15.9 Å². The van der Waals surface area contributed by atoms with Gasteiger partial charge in [0.15, 0.2) is 0 Å². The smallest absolute Gasteiger partial charge is 0.130 e. The molecule has 0 heterocycles. The molecule has 0 saturated heterocycles. The van der Waals surface area contributed by atoms with Gasteiger partial charge < -0.3 is 9.84 Å². The summed E-state index contributed by atoms with van der Waals surface area (Å²) in [5.41, 5.74) is 1.53. The van der Waals surface area contributed by atoms with Crippen LogP contribution in [0.25, 0.3) is 0 Å². The molecule has 19 heavy (non-hydrogen) atoms. The maximum absolute atomic E-state index is 13.0. The highest BCUT2D eigenvalue weighted by Crippen LogP contribution is 2.31. The van der Waals surface area contributed by atoms with E-state index in [1.54, 1.807) is 38.1 Å². The van der Waals surface area contributed by atoms with E-state index in [1.165, 1.54) is 12.1 Å². The van der Waals surface area contributed by atoms with Gasteiger partial charge in [0, 0.05) is 4.47 Å². The fraction of sp³-hybridized carbons (Fsp3) is 0.200. The van der Waals surface area contributed by atoms with Crippen molar-refractivity contribution in [1.29, 1.82) is 0 Å². The van der Waals surface area contributed by atoms with Crippen molar-refractivity contribution in [2.45, 2.75) is 20.0 Å². The third-order valence-corrected chi connectivity index (χ3v) is 3.47. The highest BCUT2D eigenvalue weighted by Gasteiger charge is 2.08. The van der Waals surface area contributed by atoms with E-state index in [0.717, 1.165) is 15.6 Å². The van der Waals surface area contributed by atoms with Crippen LogP contribution in [0.4, 0.5) is 4.39 Å². The van der Waals surface area contributed by atoms with Crippen molar-refractivity contribution < 1.29 is 14.2 Å². The molecular weight excluding hydrogens is 311 g/mol. The predicted octanol–water partition coefficient (Wildman–Crippen LogP) is 4.74. The summed E-state index contributed by atoms with van der Waals surface area (Å²) in [5, 5.41) is 9.55. The fourth-order valence-corrected chi connectivity index (χ4v) is 2.45. The second-order valence-electron chi connectivity index (χ2n) is 4.37. The van der Waals surface area contributed by atoms with Crippen molar-refractivity contribution in [3.63, 3.8) is 0 Å². The van der Waals surface area contributed by atoms with E-state index in [9.17, 15) is 9.50 Å². The molecule has 0 aliphatic heterocycles. The van der Waals surface area contributed by atoms with Crippen LogP contribution in [-0.4, -0.2) is 5.11 Å². The van der Waals surface area contributed by atoms with Crippen molar-refractivity contribution in [2.24, 2.45) is 0 Å². The van der Waals surface area contributed by atoms with E-state index in [1.807, 2.05) is 0 Å². The molecule has 0 aliphatic carbocycles. The van der Waals surface area contributed by atoms with Crippen molar-refractivity contribution in [3.8, 4) is 11.5 Å². The number of hydrogen-bond donors (Lipinski definition) is 1. The molecule has 2 aromatic rings. The zero-order valence-corrected chi connectivity index (χ0v) is 12.2. The molecule has 0 bridgehead atoms. The van der Waals surface area contributed by atoms with E-state index in [4.69, 9.17) is 4.74 Å². The second kappa shape index (κ2) is 5.72. The van der Waals surface area contributed by atoms with Crippen molar-refractivity contribution in [2.75, 3.05) is 0 Å². The Bertz CT molecular complexity index is 597. The quantitative estimate of drug-likeness (QED) is 0.883. The van der Waals surface area contributed by atoms with Crippen LogP contribution in [0.5, 0.6) is 11.5 Å². The van der Waals surface area contributed by atoms with Crippen LogP contribution in [0, 0.1) is 12.7 Å². The Kier molecular flexibility index (Phi) is 4.22. The minimum absolute atomic E-state index is 0.282. The molecule has 2 nitrogen and oxygen atoms in total. The molecule has 0 aromatic heterocycles. The number of halogens is 2. The van der Waals surface area contributed by atoms with Crippen LogP contribution < -0.4 is 4.74 Å². The first kappa shape index (κ1) is 14.0. The molecule has 1 N–H and O–H groups in total. The maximum atomic E-state index is 13.0. The zero-order valence-electron chi connectivity index (χ0n) is 10.7. The Morgan fingerprint density at radius 2 is 1.95 bits per heavy atom. The van der Waals surface area contributed by atoms with Gasteiger partial charge in [0.25, 0.3) is 0 Å². The van der Waals surface area contributed by atoms with Gasteiger partial charge in [-0.05, 0) is 55.3 Å². The number of ether oxygens (including phenoxy) is 1. The molecule has 0 radical (unpaired) electrons. The van der Waals surface area contributed by atoms with E-state index in [-0.39, 0.29) is 5.82 Å². The Balaban J connectivity index is 2.26. The van der Waals surface area contributed by atoms with Crippen LogP contribution in [0.2, 0.25) is 0 Å². The van der Waals surface area contributed by atoms with Gasteiger partial charge in [0.05, 0.1) is 6.10 Å². The molecule has 4 heteroatoms. The Labute approximate surface area is 120 Å². The Hall–Kier alpha value is -1.39.